The van der Waals surface area contributed by atoms with Crippen LogP contribution in [0.25, 0.3) is 0 Å². The minimum Gasteiger partial charge on any atom is -0.493 e. The molecule has 0 saturated carbocycles. The first kappa shape index (κ1) is 15.0. The molecule has 4 nitrogen and oxygen atoms in total. The quantitative estimate of drug-likeness (QED) is 0.492. The zero-order valence-corrected chi connectivity index (χ0v) is 11.7. The lowest BCUT2D eigenvalue weighted by atomic mass is 10.2. The Hall–Kier alpha value is -2.40. The van der Waals surface area contributed by atoms with Crippen LogP contribution in [-0.2, 0) is 0 Å². The maximum absolute atomic E-state index is 12.8. The molecule has 0 radical (unpaired) electrons. The molecular formula is C15H10ClFO4. The molecule has 0 amide bonds. The van der Waals surface area contributed by atoms with Crippen LogP contribution in [0.5, 0.6) is 11.5 Å². The van der Waals surface area contributed by atoms with Gasteiger partial charge in [-0.2, -0.15) is 0 Å². The van der Waals surface area contributed by atoms with Crippen molar-refractivity contribution in [2.75, 3.05) is 7.11 Å². The van der Waals surface area contributed by atoms with Gasteiger partial charge in [-0.05, 0) is 36.4 Å². The highest BCUT2D eigenvalue weighted by molar-refractivity contribution is 6.32. The van der Waals surface area contributed by atoms with Crippen LogP contribution in [0.3, 0.4) is 0 Å². The van der Waals surface area contributed by atoms with Crippen molar-refractivity contribution < 1.29 is 23.5 Å². The van der Waals surface area contributed by atoms with E-state index in [1.165, 1.54) is 31.4 Å². The smallest absolute Gasteiger partial charge is 0.343 e. The van der Waals surface area contributed by atoms with E-state index in [4.69, 9.17) is 21.1 Å². The van der Waals surface area contributed by atoms with E-state index < -0.39 is 11.8 Å². The molecule has 0 aliphatic carbocycles. The summed E-state index contributed by atoms with van der Waals surface area (Å²) in [5.74, 6) is -1.02. The second-order valence-corrected chi connectivity index (χ2v) is 4.46. The topological polar surface area (TPSA) is 52.6 Å². The van der Waals surface area contributed by atoms with E-state index in [0.717, 1.165) is 12.1 Å². The molecule has 2 aromatic rings. The Morgan fingerprint density at radius 2 is 1.90 bits per heavy atom. The predicted octanol–water partition coefficient (Wildman–Crippen LogP) is 3.52. The Labute approximate surface area is 125 Å². The molecule has 0 spiro atoms. The Balaban J connectivity index is 2.32. The van der Waals surface area contributed by atoms with Crippen molar-refractivity contribution in [3.8, 4) is 11.5 Å². The first-order valence-electron chi connectivity index (χ1n) is 5.85. The van der Waals surface area contributed by atoms with Crippen molar-refractivity contribution in [2.24, 2.45) is 0 Å². The highest BCUT2D eigenvalue weighted by atomic mass is 35.5. The average Bonchev–Trinajstić information content (AvgIpc) is 2.49. The van der Waals surface area contributed by atoms with Crippen LogP contribution in [-0.4, -0.2) is 19.4 Å². The van der Waals surface area contributed by atoms with Gasteiger partial charge in [0.05, 0.1) is 17.7 Å². The number of carbonyl (C=O) groups excluding carboxylic acids is 2. The molecule has 6 heteroatoms. The van der Waals surface area contributed by atoms with Gasteiger partial charge >= 0.3 is 5.97 Å². The van der Waals surface area contributed by atoms with Gasteiger partial charge < -0.3 is 9.47 Å². The fraction of sp³-hybridized carbons (Fsp3) is 0.0667. The number of rotatable bonds is 4. The molecule has 0 atom stereocenters. The summed E-state index contributed by atoms with van der Waals surface area (Å²) in [6.07, 6.45) is 0.597. The van der Waals surface area contributed by atoms with E-state index in [1.807, 2.05) is 0 Å². The van der Waals surface area contributed by atoms with Gasteiger partial charge in [0, 0.05) is 5.56 Å². The van der Waals surface area contributed by atoms with Crippen molar-refractivity contribution in [1.82, 2.24) is 0 Å². The Morgan fingerprint density at radius 1 is 1.24 bits per heavy atom. The number of aldehydes is 1. The van der Waals surface area contributed by atoms with E-state index in [1.54, 1.807) is 0 Å². The highest BCUT2D eigenvalue weighted by Crippen LogP contribution is 2.36. The van der Waals surface area contributed by atoms with Gasteiger partial charge in [0.15, 0.2) is 11.5 Å². The third kappa shape index (κ3) is 3.38. The summed E-state index contributed by atoms with van der Waals surface area (Å²) < 4.78 is 23.0. The van der Waals surface area contributed by atoms with Crippen molar-refractivity contribution in [3.63, 3.8) is 0 Å². The molecule has 2 rings (SSSR count). The van der Waals surface area contributed by atoms with Crippen LogP contribution in [0.15, 0.2) is 36.4 Å². The van der Waals surface area contributed by atoms with Crippen molar-refractivity contribution in [1.29, 1.82) is 0 Å². The Bertz CT molecular complexity index is 683. The second-order valence-electron chi connectivity index (χ2n) is 4.05. The molecule has 0 aliphatic heterocycles. The molecule has 0 heterocycles. The first-order valence-corrected chi connectivity index (χ1v) is 6.23. The lowest BCUT2D eigenvalue weighted by Crippen LogP contribution is -2.10. The maximum atomic E-state index is 12.8. The predicted molar refractivity (Wildman–Crippen MR) is 74.8 cm³/mol. The van der Waals surface area contributed by atoms with Crippen LogP contribution in [0.2, 0.25) is 5.02 Å². The van der Waals surface area contributed by atoms with Crippen molar-refractivity contribution >= 4 is 23.9 Å². The summed E-state index contributed by atoms with van der Waals surface area (Å²) in [5, 5.41) is 0.0620. The van der Waals surface area contributed by atoms with Gasteiger partial charge in [0.2, 0.25) is 0 Å². The van der Waals surface area contributed by atoms with Crippen LogP contribution in [0.1, 0.15) is 20.7 Å². The maximum Gasteiger partial charge on any atom is 0.343 e. The average molecular weight is 309 g/mol. The minimum atomic E-state index is -0.714. The van der Waals surface area contributed by atoms with Crippen LogP contribution in [0, 0.1) is 5.82 Å². The van der Waals surface area contributed by atoms with Crippen LogP contribution in [0.4, 0.5) is 4.39 Å². The monoisotopic (exact) mass is 308 g/mol. The number of hydrogen-bond acceptors (Lipinski definition) is 4. The number of methoxy groups -OCH3 is 1. The molecule has 0 aromatic heterocycles. The van der Waals surface area contributed by atoms with Gasteiger partial charge in [-0.3, -0.25) is 4.79 Å². The fourth-order valence-corrected chi connectivity index (χ4v) is 1.90. The number of hydrogen-bond donors (Lipinski definition) is 0. The third-order valence-corrected chi connectivity index (χ3v) is 2.94. The molecular weight excluding hydrogens is 299 g/mol. The molecule has 0 unspecified atom stereocenters. The highest BCUT2D eigenvalue weighted by Gasteiger charge is 2.17. The normalized spacial score (nSPS) is 10.0. The molecule has 0 bridgehead atoms. The number of halogens is 2. The summed E-state index contributed by atoms with van der Waals surface area (Å²) in [5.41, 5.74) is 0.451. The zero-order chi connectivity index (χ0) is 15.4. The van der Waals surface area contributed by atoms with Gasteiger partial charge in [-0.25, -0.2) is 9.18 Å². The Kier molecular flexibility index (Phi) is 4.55. The molecule has 2 aromatic carbocycles. The zero-order valence-electron chi connectivity index (χ0n) is 10.9. The first-order chi connectivity index (χ1) is 10.0. The lowest BCUT2D eigenvalue weighted by molar-refractivity contribution is 0.0730. The number of esters is 1. The molecule has 0 fully saturated rings. The largest absolute Gasteiger partial charge is 0.493 e. The van der Waals surface area contributed by atoms with Crippen LogP contribution < -0.4 is 9.47 Å². The molecule has 0 aliphatic rings. The SMILES string of the molecule is COc1cc(C=O)cc(Cl)c1OC(=O)c1ccc(F)cc1. The number of carbonyl (C=O) groups is 2. The Morgan fingerprint density at radius 3 is 2.48 bits per heavy atom. The standard InChI is InChI=1S/C15H10ClFO4/c1-20-13-7-9(8-18)6-12(16)14(13)21-15(19)10-2-4-11(17)5-3-10/h2-8H,1H3. The van der Waals surface area contributed by atoms with Crippen molar-refractivity contribution in [3.05, 3.63) is 58.4 Å². The molecule has 0 saturated heterocycles. The molecule has 108 valence electrons. The van der Waals surface area contributed by atoms with E-state index in [2.05, 4.69) is 0 Å². The lowest BCUT2D eigenvalue weighted by Gasteiger charge is -2.11. The summed E-state index contributed by atoms with van der Waals surface area (Å²) in [6.45, 7) is 0. The van der Waals surface area contributed by atoms with Crippen molar-refractivity contribution in [2.45, 2.75) is 0 Å². The summed E-state index contributed by atoms with van der Waals surface area (Å²) in [6, 6.07) is 7.61. The summed E-state index contributed by atoms with van der Waals surface area (Å²) in [7, 11) is 1.36. The summed E-state index contributed by atoms with van der Waals surface area (Å²) in [4.78, 5) is 22.7. The van der Waals surface area contributed by atoms with E-state index in [0.29, 0.717) is 11.8 Å². The fourth-order valence-electron chi connectivity index (χ4n) is 1.64. The number of ether oxygens (including phenoxy) is 2. The van der Waals surface area contributed by atoms with E-state index in [9.17, 15) is 14.0 Å². The second kappa shape index (κ2) is 6.37. The van der Waals surface area contributed by atoms with E-state index in [-0.39, 0.29) is 22.1 Å². The van der Waals surface area contributed by atoms with E-state index >= 15 is 0 Å². The molecule has 0 N–H and O–H groups in total. The third-order valence-electron chi connectivity index (χ3n) is 2.66. The van der Waals surface area contributed by atoms with Gasteiger partial charge in [-0.1, -0.05) is 11.6 Å². The van der Waals surface area contributed by atoms with Gasteiger partial charge in [-0.15, -0.1) is 0 Å². The summed E-state index contributed by atoms with van der Waals surface area (Å²) >= 11 is 5.97. The molecule has 21 heavy (non-hydrogen) atoms. The van der Waals surface area contributed by atoms with Gasteiger partial charge in [0.25, 0.3) is 0 Å². The minimum absolute atomic E-state index is 0.000841. The number of benzene rings is 2. The van der Waals surface area contributed by atoms with Gasteiger partial charge in [0.1, 0.15) is 12.1 Å². The van der Waals surface area contributed by atoms with Crippen LogP contribution >= 0.6 is 11.6 Å².